The average molecular weight is 498 g/mol. The third-order valence-corrected chi connectivity index (χ3v) is 6.34. The van der Waals surface area contributed by atoms with Crippen LogP contribution in [0, 0.1) is 5.82 Å². The van der Waals surface area contributed by atoms with E-state index in [2.05, 4.69) is 20.6 Å². The van der Waals surface area contributed by atoms with Crippen molar-refractivity contribution in [2.24, 2.45) is 0 Å². The monoisotopic (exact) mass is 497 g/mol. The van der Waals surface area contributed by atoms with Crippen LogP contribution >= 0.6 is 22.9 Å². The van der Waals surface area contributed by atoms with E-state index < -0.39 is 11.7 Å². The summed E-state index contributed by atoms with van der Waals surface area (Å²) in [4.78, 5) is 13.6. The molecule has 0 aliphatic heterocycles. The van der Waals surface area contributed by atoms with Crippen LogP contribution in [0.4, 0.5) is 10.1 Å². The number of ether oxygens (including phenoxy) is 1. The molecule has 11 heteroatoms. The second kappa shape index (κ2) is 8.88. The number of rotatable bonds is 6. The van der Waals surface area contributed by atoms with Gasteiger partial charge in [0, 0.05) is 17.5 Å². The predicted molar refractivity (Wildman–Crippen MR) is 127 cm³/mol. The van der Waals surface area contributed by atoms with Crippen LogP contribution in [0.5, 0.6) is 5.75 Å². The zero-order valence-electron chi connectivity index (χ0n) is 18.0. The Morgan fingerprint density at radius 1 is 1.18 bits per heavy atom. The Hall–Kier alpha value is -3.76. The lowest BCUT2D eigenvalue weighted by Crippen LogP contribution is -2.11. The minimum Gasteiger partial charge on any atom is -0.495 e. The van der Waals surface area contributed by atoms with Gasteiger partial charge in [0.1, 0.15) is 22.3 Å². The number of furan rings is 1. The summed E-state index contributed by atoms with van der Waals surface area (Å²) in [5.74, 6) is 0.717. The molecule has 0 saturated heterocycles. The zero-order valence-corrected chi connectivity index (χ0v) is 19.6. The topological polar surface area (TPSA) is 94.6 Å². The van der Waals surface area contributed by atoms with Gasteiger partial charge in [0.15, 0.2) is 11.6 Å². The normalized spacial score (nSPS) is 11.2. The molecule has 0 bridgehead atoms. The first kappa shape index (κ1) is 22.1. The molecule has 0 spiro atoms. The van der Waals surface area contributed by atoms with Crippen LogP contribution in [-0.2, 0) is 6.42 Å². The molecule has 5 rings (SSSR count). The van der Waals surface area contributed by atoms with Crippen LogP contribution < -0.4 is 10.1 Å². The van der Waals surface area contributed by atoms with Gasteiger partial charge < -0.3 is 14.5 Å². The van der Waals surface area contributed by atoms with Gasteiger partial charge in [-0.25, -0.2) is 4.39 Å². The maximum Gasteiger partial charge on any atom is 0.291 e. The van der Waals surface area contributed by atoms with Crippen molar-refractivity contribution in [1.82, 2.24) is 19.8 Å². The molecule has 1 N–H and O–H groups in total. The lowest BCUT2D eigenvalue weighted by atomic mass is 10.2. The Labute approximate surface area is 202 Å². The number of carbonyl (C=O) groups is 1. The molecule has 8 nitrogen and oxygen atoms in total. The maximum absolute atomic E-state index is 13.4. The third kappa shape index (κ3) is 4.02. The second-order valence-corrected chi connectivity index (χ2v) is 8.60. The van der Waals surface area contributed by atoms with Crippen molar-refractivity contribution < 1.29 is 18.3 Å². The molecule has 3 aromatic heterocycles. The van der Waals surface area contributed by atoms with Gasteiger partial charge >= 0.3 is 0 Å². The van der Waals surface area contributed by atoms with Gasteiger partial charge in [0.2, 0.25) is 4.96 Å². The minimum absolute atomic E-state index is 0.0297. The summed E-state index contributed by atoms with van der Waals surface area (Å²) in [5, 5.41) is 16.4. The Kier molecular flexibility index (Phi) is 5.76. The number of aryl methyl sites for hydroxylation is 1. The van der Waals surface area contributed by atoms with E-state index in [1.165, 1.54) is 42.7 Å². The number of nitrogens with zero attached hydrogens (tertiary/aromatic N) is 4. The smallest absolute Gasteiger partial charge is 0.291 e. The maximum atomic E-state index is 13.4. The van der Waals surface area contributed by atoms with E-state index in [1.807, 2.05) is 13.0 Å². The van der Waals surface area contributed by atoms with Crippen molar-refractivity contribution in [2.75, 3.05) is 12.4 Å². The number of fused-ring (bicyclic) bond motifs is 1. The summed E-state index contributed by atoms with van der Waals surface area (Å²) >= 11 is 7.25. The molecule has 3 heterocycles. The first-order valence-electron chi connectivity index (χ1n) is 10.2. The highest BCUT2D eigenvalue weighted by Crippen LogP contribution is 2.33. The molecule has 0 unspecified atom stereocenters. The molecule has 5 aromatic rings. The molecule has 34 heavy (non-hydrogen) atoms. The highest BCUT2D eigenvalue weighted by Gasteiger charge is 2.18. The third-order valence-electron chi connectivity index (χ3n) is 5.10. The Morgan fingerprint density at radius 3 is 2.76 bits per heavy atom. The van der Waals surface area contributed by atoms with Gasteiger partial charge in [-0.2, -0.15) is 9.61 Å². The molecule has 172 valence electrons. The number of hydrogen-bond acceptors (Lipinski definition) is 7. The number of halogens is 2. The van der Waals surface area contributed by atoms with Crippen LogP contribution in [0.1, 0.15) is 23.3 Å². The molecule has 0 atom stereocenters. The van der Waals surface area contributed by atoms with E-state index in [9.17, 15) is 9.18 Å². The van der Waals surface area contributed by atoms with Crippen LogP contribution in [0.15, 0.2) is 52.9 Å². The number of benzene rings is 2. The molecule has 0 radical (unpaired) electrons. The van der Waals surface area contributed by atoms with Gasteiger partial charge in [-0.1, -0.05) is 29.9 Å². The first-order chi connectivity index (χ1) is 16.5. The SMILES string of the molecule is CCc1nnc2sc(-c3ccc(OC)c(NC(=O)c4ccc(-c5ccc(F)c(Cl)c5)o4)c3)nn12. The lowest BCUT2D eigenvalue weighted by Gasteiger charge is -2.10. The summed E-state index contributed by atoms with van der Waals surface area (Å²) in [7, 11) is 1.52. The van der Waals surface area contributed by atoms with Crippen LogP contribution in [0.2, 0.25) is 5.02 Å². The Balaban J connectivity index is 1.42. The second-order valence-electron chi connectivity index (χ2n) is 7.23. The number of nitrogens with one attached hydrogen (secondary N) is 1. The standard InChI is InChI=1S/C23H17ClFN5O3S/c1-3-20-27-28-23-30(20)29-22(34-23)13-5-7-18(32-2)16(11-13)26-21(31)19-9-8-17(33-19)12-4-6-15(25)14(24)10-12/h4-11H,3H2,1-2H3,(H,26,31). The fourth-order valence-corrected chi connectivity index (χ4v) is 4.42. The quantitative estimate of drug-likeness (QED) is 0.322. The van der Waals surface area contributed by atoms with E-state index in [-0.39, 0.29) is 10.8 Å². The van der Waals surface area contributed by atoms with E-state index in [1.54, 1.807) is 22.7 Å². The van der Waals surface area contributed by atoms with E-state index >= 15 is 0 Å². The first-order valence-corrected chi connectivity index (χ1v) is 11.4. The lowest BCUT2D eigenvalue weighted by molar-refractivity contribution is 0.0997. The van der Waals surface area contributed by atoms with Crippen molar-refractivity contribution in [1.29, 1.82) is 0 Å². The van der Waals surface area contributed by atoms with Crippen molar-refractivity contribution >= 4 is 39.5 Å². The predicted octanol–water partition coefficient (Wildman–Crippen LogP) is 5.73. The molecule has 0 fully saturated rings. The van der Waals surface area contributed by atoms with Gasteiger partial charge in [0.05, 0.1) is 17.8 Å². The van der Waals surface area contributed by atoms with Crippen molar-refractivity contribution in [3.05, 3.63) is 71.0 Å². The van der Waals surface area contributed by atoms with Crippen molar-refractivity contribution in [2.45, 2.75) is 13.3 Å². The number of hydrogen-bond donors (Lipinski definition) is 1. The Bertz CT molecular complexity index is 1530. The molecule has 0 aliphatic carbocycles. The number of methoxy groups -OCH3 is 1. The molecule has 2 aromatic carbocycles. The zero-order chi connectivity index (χ0) is 23.8. The molecule has 0 aliphatic rings. The molecular formula is C23H17ClFN5O3S. The summed E-state index contributed by atoms with van der Waals surface area (Å²) in [6, 6.07) is 12.7. The fourth-order valence-electron chi connectivity index (χ4n) is 3.38. The van der Waals surface area contributed by atoms with E-state index in [4.69, 9.17) is 20.8 Å². The van der Waals surface area contributed by atoms with Crippen molar-refractivity contribution in [3.8, 4) is 27.6 Å². The number of amides is 1. The average Bonchev–Trinajstić information content (AvgIpc) is 3.57. The summed E-state index contributed by atoms with van der Waals surface area (Å²) < 4.78 is 26.3. The summed E-state index contributed by atoms with van der Waals surface area (Å²) in [6.45, 7) is 1.99. The number of anilines is 1. The van der Waals surface area contributed by atoms with Gasteiger partial charge in [0.25, 0.3) is 5.91 Å². The molecule has 1 amide bonds. The van der Waals surface area contributed by atoms with E-state index in [0.29, 0.717) is 34.1 Å². The van der Waals surface area contributed by atoms with Crippen LogP contribution in [0.25, 0.3) is 26.9 Å². The van der Waals surface area contributed by atoms with Crippen LogP contribution in [0.3, 0.4) is 0 Å². The molecule has 0 saturated carbocycles. The van der Waals surface area contributed by atoms with Gasteiger partial charge in [-0.15, -0.1) is 10.2 Å². The largest absolute Gasteiger partial charge is 0.495 e. The fraction of sp³-hybridized carbons (Fsp3) is 0.130. The minimum atomic E-state index is -0.530. The van der Waals surface area contributed by atoms with Gasteiger partial charge in [-0.3, -0.25) is 4.79 Å². The van der Waals surface area contributed by atoms with Crippen LogP contribution in [-0.4, -0.2) is 32.8 Å². The number of carbonyl (C=O) groups excluding carboxylic acids is 1. The summed E-state index contributed by atoms with van der Waals surface area (Å²) in [5.41, 5.74) is 1.80. The van der Waals surface area contributed by atoms with Gasteiger partial charge in [-0.05, 0) is 48.5 Å². The summed E-state index contributed by atoms with van der Waals surface area (Å²) in [6.07, 6.45) is 0.712. The molecular weight excluding hydrogens is 481 g/mol. The highest BCUT2D eigenvalue weighted by atomic mass is 35.5. The van der Waals surface area contributed by atoms with E-state index in [0.717, 1.165) is 16.4 Å². The highest BCUT2D eigenvalue weighted by molar-refractivity contribution is 7.19. The number of aromatic nitrogens is 4. The van der Waals surface area contributed by atoms with Crippen molar-refractivity contribution in [3.63, 3.8) is 0 Å². The Morgan fingerprint density at radius 2 is 2.00 bits per heavy atom.